The number of rotatable bonds is 3. The molecule has 2 rings (SSSR count). The SMILES string of the molecule is Cl.NCCC(=O)N1CCCC1c1cccc(Cl)c1. The summed E-state index contributed by atoms with van der Waals surface area (Å²) in [7, 11) is 0. The van der Waals surface area contributed by atoms with E-state index in [2.05, 4.69) is 0 Å². The maximum absolute atomic E-state index is 11.9. The summed E-state index contributed by atoms with van der Waals surface area (Å²) >= 11 is 5.99. The monoisotopic (exact) mass is 288 g/mol. The molecule has 0 saturated carbocycles. The fourth-order valence-corrected chi connectivity index (χ4v) is 2.59. The average Bonchev–Trinajstić information content (AvgIpc) is 2.78. The van der Waals surface area contributed by atoms with Gasteiger partial charge in [0.2, 0.25) is 5.91 Å². The lowest BCUT2D eigenvalue weighted by Gasteiger charge is -2.25. The van der Waals surface area contributed by atoms with Crippen LogP contribution in [0.25, 0.3) is 0 Å². The maximum atomic E-state index is 11.9. The zero-order valence-electron chi connectivity index (χ0n) is 10.1. The van der Waals surface area contributed by atoms with E-state index in [0.29, 0.717) is 13.0 Å². The lowest BCUT2D eigenvalue weighted by Crippen LogP contribution is -2.31. The molecule has 5 heteroatoms. The molecule has 1 aromatic carbocycles. The fourth-order valence-electron chi connectivity index (χ4n) is 2.39. The lowest BCUT2D eigenvalue weighted by atomic mass is 10.0. The summed E-state index contributed by atoms with van der Waals surface area (Å²) < 4.78 is 0. The highest BCUT2D eigenvalue weighted by Gasteiger charge is 2.29. The van der Waals surface area contributed by atoms with Crippen molar-refractivity contribution in [3.05, 3.63) is 34.9 Å². The molecule has 3 nitrogen and oxygen atoms in total. The second-order valence-corrected chi connectivity index (χ2v) is 4.78. The van der Waals surface area contributed by atoms with Crippen LogP contribution >= 0.6 is 24.0 Å². The van der Waals surface area contributed by atoms with Crippen LogP contribution < -0.4 is 5.73 Å². The number of nitrogens with zero attached hydrogens (tertiary/aromatic N) is 1. The van der Waals surface area contributed by atoms with E-state index in [1.165, 1.54) is 0 Å². The van der Waals surface area contributed by atoms with Crippen molar-refractivity contribution in [3.63, 3.8) is 0 Å². The van der Waals surface area contributed by atoms with E-state index in [-0.39, 0.29) is 24.4 Å². The molecule has 1 atom stereocenters. The number of carbonyl (C=O) groups excluding carboxylic acids is 1. The maximum Gasteiger partial charge on any atom is 0.224 e. The summed E-state index contributed by atoms with van der Waals surface area (Å²) in [5, 5.41) is 0.723. The van der Waals surface area contributed by atoms with E-state index < -0.39 is 0 Å². The summed E-state index contributed by atoms with van der Waals surface area (Å²) in [5.74, 6) is 0.148. The molecule has 100 valence electrons. The van der Waals surface area contributed by atoms with E-state index >= 15 is 0 Å². The minimum Gasteiger partial charge on any atom is -0.336 e. The number of hydrogen-bond donors (Lipinski definition) is 1. The molecule has 1 amide bonds. The van der Waals surface area contributed by atoms with Crippen LogP contribution in [-0.2, 0) is 4.79 Å². The molecule has 18 heavy (non-hydrogen) atoms. The second kappa shape index (κ2) is 6.98. The van der Waals surface area contributed by atoms with Crippen molar-refractivity contribution in [2.45, 2.75) is 25.3 Å². The van der Waals surface area contributed by atoms with Gasteiger partial charge in [-0.15, -0.1) is 12.4 Å². The van der Waals surface area contributed by atoms with Crippen LogP contribution in [0, 0.1) is 0 Å². The van der Waals surface area contributed by atoms with Gasteiger partial charge in [0.1, 0.15) is 0 Å². The molecule has 1 heterocycles. The van der Waals surface area contributed by atoms with Gasteiger partial charge in [-0.25, -0.2) is 0 Å². The lowest BCUT2D eigenvalue weighted by molar-refractivity contribution is -0.131. The number of hydrogen-bond acceptors (Lipinski definition) is 2. The first kappa shape index (κ1) is 15.3. The van der Waals surface area contributed by atoms with Crippen LogP contribution in [0.2, 0.25) is 5.02 Å². The molecule has 0 aromatic heterocycles. The summed E-state index contributed by atoms with van der Waals surface area (Å²) in [6.45, 7) is 1.24. The second-order valence-electron chi connectivity index (χ2n) is 4.34. The Kier molecular flexibility index (Phi) is 5.93. The zero-order chi connectivity index (χ0) is 12.3. The summed E-state index contributed by atoms with van der Waals surface area (Å²) in [4.78, 5) is 13.9. The Morgan fingerprint density at radius 3 is 2.94 bits per heavy atom. The van der Waals surface area contributed by atoms with Gasteiger partial charge in [0.05, 0.1) is 6.04 Å². The highest BCUT2D eigenvalue weighted by molar-refractivity contribution is 6.30. The van der Waals surface area contributed by atoms with Gasteiger partial charge in [-0.2, -0.15) is 0 Å². The average molecular weight is 289 g/mol. The number of amides is 1. The standard InChI is InChI=1S/C13H17ClN2O.ClH/c14-11-4-1-3-10(9-11)12-5-2-8-16(12)13(17)6-7-15;/h1,3-4,9,12H,2,5-8,15H2;1H. The van der Waals surface area contributed by atoms with E-state index in [0.717, 1.165) is 30.0 Å². The van der Waals surface area contributed by atoms with Gasteiger partial charge >= 0.3 is 0 Å². The first-order valence-corrected chi connectivity index (χ1v) is 6.35. The Morgan fingerprint density at radius 1 is 1.50 bits per heavy atom. The van der Waals surface area contributed by atoms with Gasteiger partial charge in [-0.05, 0) is 30.5 Å². The Bertz CT molecular complexity index is 412. The van der Waals surface area contributed by atoms with E-state index in [1.807, 2.05) is 29.2 Å². The topological polar surface area (TPSA) is 46.3 Å². The molecule has 1 aliphatic rings. The van der Waals surface area contributed by atoms with Gasteiger partial charge in [0, 0.05) is 24.5 Å². The van der Waals surface area contributed by atoms with Gasteiger partial charge in [-0.1, -0.05) is 23.7 Å². The Labute approximate surface area is 119 Å². The van der Waals surface area contributed by atoms with Crippen molar-refractivity contribution in [2.75, 3.05) is 13.1 Å². The number of carbonyl (C=O) groups is 1. The largest absolute Gasteiger partial charge is 0.336 e. The molecular formula is C13H18Cl2N2O. The normalized spacial score (nSPS) is 18.6. The molecule has 0 spiro atoms. The van der Waals surface area contributed by atoms with Crippen LogP contribution in [0.1, 0.15) is 30.9 Å². The summed E-state index contributed by atoms with van der Waals surface area (Å²) in [5.41, 5.74) is 6.56. The Balaban J connectivity index is 0.00000162. The van der Waals surface area contributed by atoms with Gasteiger partial charge in [0.25, 0.3) is 0 Å². The van der Waals surface area contributed by atoms with Gasteiger partial charge in [-0.3, -0.25) is 4.79 Å². The summed E-state index contributed by atoms with van der Waals surface area (Å²) in [6.07, 6.45) is 2.49. The highest BCUT2D eigenvalue weighted by atomic mass is 35.5. The molecule has 1 saturated heterocycles. The Morgan fingerprint density at radius 2 is 2.28 bits per heavy atom. The number of likely N-dealkylation sites (tertiary alicyclic amines) is 1. The van der Waals surface area contributed by atoms with Crippen molar-refractivity contribution in [1.82, 2.24) is 4.90 Å². The first-order valence-electron chi connectivity index (χ1n) is 5.97. The predicted octanol–water partition coefficient (Wildman–Crippen LogP) is 2.77. The van der Waals surface area contributed by atoms with Crippen molar-refractivity contribution in [2.24, 2.45) is 5.73 Å². The van der Waals surface area contributed by atoms with Crippen LogP contribution in [0.15, 0.2) is 24.3 Å². The zero-order valence-corrected chi connectivity index (χ0v) is 11.7. The van der Waals surface area contributed by atoms with Gasteiger partial charge < -0.3 is 10.6 Å². The van der Waals surface area contributed by atoms with E-state index in [4.69, 9.17) is 17.3 Å². The third-order valence-corrected chi connectivity index (χ3v) is 3.40. The smallest absolute Gasteiger partial charge is 0.224 e. The molecule has 0 bridgehead atoms. The molecule has 0 aliphatic carbocycles. The van der Waals surface area contributed by atoms with Crippen molar-refractivity contribution in [3.8, 4) is 0 Å². The molecule has 0 radical (unpaired) electrons. The van der Waals surface area contributed by atoms with Crippen LogP contribution in [-0.4, -0.2) is 23.9 Å². The third kappa shape index (κ3) is 3.37. The number of halogens is 2. The van der Waals surface area contributed by atoms with Crippen molar-refractivity contribution < 1.29 is 4.79 Å². The molecule has 1 aromatic rings. The van der Waals surface area contributed by atoms with E-state index in [1.54, 1.807) is 0 Å². The first-order chi connectivity index (χ1) is 8.22. The third-order valence-electron chi connectivity index (χ3n) is 3.16. The minimum absolute atomic E-state index is 0. The van der Waals surface area contributed by atoms with E-state index in [9.17, 15) is 4.79 Å². The van der Waals surface area contributed by atoms with Crippen molar-refractivity contribution in [1.29, 1.82) is 0 Å². The van der Waals surface area contributed by atoms with Crippen LogP contribution in [0.4, 0.5) is 0 Å². The van der Waals surface area contributed by atoms with Gasteiger partial charge in [0.15, 0.2) is 0 Å². The molecule has 1 unspecified atom stereocenters. The molecule has 1 fully saturated rings. The highest BCUT2D eigenvalue weighted by Crippen LogP contribution is 2.33. The number of benzene rings is 1. The minimum atomic E-state index is 0. The quantitative estimate of drug-likeness (QED) is 0.930. The number of nitrogens with two attached hydrogens (primary N) is 1. The predicted molar refractivity (Wildman–Crippen MR) is 76.1 cm³/mol. The Hall–Kier alpha value is -0.770. The summed E-state index contributed by atoms with van der Waals surface area (Å²) in [6, 6.07) is 7.94. The molecule has 1 aliphatic heterocycles. The fraction of sp³-hybridized carbons (Fsp3) is 0.462. The molecule has 2 N–H and O–H groups in total. The molecular weight excluding hydrogens is 271 g/mol. The van der Waals surface area contributed by atoms with Crippen LogP contribution in [0.5, 0.6) is 0 Å². The van der Waals surface area contributed by atoms with Crippen molar-refractivity contribution >= 4 is 29.9 Å². The van der Waals surface area contributed by atoms with Crippen LogP contribution in [0.3, 0.4) is 0 Å².